The monoisotopic (exact) mass is 366 g/mol. The van der Waals surface area contributed by atoms with Gasteiger partial charge in [-0.05, 0) is 18.2 Å². The Bertz CT molecular complexity index is 963. The van der Waals surface area contributed by atoms with Crippen LogP contribution in [0.4, 0.5) is 4.39 Å². The number of halogens is 2. The molecule has 0 atom stereocenters. The number of nitrogens with two attached hydrogens (primary N) is 1. The van der Waals surface area contributed by atoms with Crippen molar-refractivity contribution >= 4 is 28.8 Å². The summed E-state index contributed by atoms with van der Waals surface area (Å²) in [6, 6.07) is 9.53. The molecule has 6 nitrogen and oxygen atoms in total. The maximum atomic E-state index is 13.9. The zero-order valence-corrected chi connectivity index (χ0v) is 13.9. The Hall–Kier alpha value is -2.45. The molecule has 2 heterocycles. The van der Waals surface area contributed by atoms with Gasteiger partial charge in [0.25, 0.3) is 0 Å². The second-order valence-corrected chi connectivity index (χ2v) is 6.73. The predicted octanol–water partition coefficient (Wildman–Crippen LogP) is 2.10. The maximum absolute atomic E-state index is 13.9. The quantitative estimate of drug-likeness (QED) is 0.750. The number of nitrogens with zero attached hydrogens (tertiary/aromatic N) is 3. The highest BCUT2D eigenvalue weighted by Gasteiger charge is 2.18. The van der Waals surface area contributed by atoms with Crippen molar-refractivity contribution in [2.24, 2.45) is 5.73 Å². The Morgan fingerprint density at radius 1 is 1.29 bits per heavy atom. The number of thiophene rings is 1. The van der Waals surface area contributed by atoms with Gasteiger partial charge in [-0.25, -0.2) is 13.9 Å². The fourth-order valence-corrected chi connectivity index (χ4v) is 3.28. The third-order valence-electron chi connectivity index (χ3n) is 3.31. The smallest absolute Gasteiger partial charge is 0.347 e. The lowest BCUT2D eigenvalue weighted by Gasteiger charge is -2.05. The van der Waals surface area contributed by atoms with Gasteiger partial charge < -0.3 is 5.73 Å². The molecule has 0 radical (unpaired) electrons. The number of rotatable bonds is 5. The summed E-state index contributed by atoms with van der Waals surface area (Å²) in [6.45, 7) is -0.371. The van der Waals surface area contributed by atoms with E-state index in [2.05, 4.69) is 5.10 Å². The van der Waals surface area contributed by atoms with Gasteiger partial charge in [0.1, 0.15) is 12.4 Å². The van der Waals surface area contributed by atoms with Gasteiger partial charge in [-0.1, -0.05) is 29.8 Å². The number of carbonyl (C=O) groups excluding carboxylic acids is 1. The minimum absolute atomic E-state index is 0.0187. The number of carbonyl (C=O) groups is 1. The molecule has 3 rings (SSSR count). The van der Waals surface area contributed by atoms with Gasteiger partial charge in [-0.15, -0.1) is 16.4 Å². The fraction of sp³-hybridized carbons (Fsp3) is 0.133. The summed E-state index contributed by atoms with van der Waals surface area (Å²) in [5.41, 5.74) is 4.94. The van der Waals surface area contributed by atoms with Gasteiger partial charge in [0.15, 0.2) is 5.82 Å². The van der Waals surface area contributed by atoms with Crippen molar-refractivity contribution < 1.29 is 9.18 Å². The average Bonchev–Trinajstić information content (AvgIpc) is 3.07. The van der Waals surface area contributed by atoms with Crippen LogP contribution in [0.5, 0.6) is 0 Å². The van der Waals surface area contributed by atoms with Crippen molar-refractivity contribution in [1.82, 2.24) is 14.3 Å². The van der Waals surface area contributed by atoms with Crippen LogP contribution in [-0.4, -0.2) is 20.3 Å². The van der Waals surface area contributed by atoms with Crippen molar-refractivity contribution in [1.29, 1.82) is 0 Å². The molecule has 124 valence electrons. The van der Waals surface area contributed by atoms with E-state index in [1.807, 2.05) is 0 Å². The van der Waals surface area contributed by atoms with Crippen LogP contribution < -0.4 is 11.4 Å². The van der Waals surface area contributed by atoms with Crippen LogP contribution in [-0.2, 0) is 17.9 Å². The molecule has 0 aliphatic rings. The second-order valence-electron chi connectivity index (χ2n) is 5.01. The summed E-state index contributed by atoms with van der Waals surface area (Å²) >= 11 is 7.17. The Morgan fingerprint density at radius 3 is 2.67 bits per heavy atom. The van der Waals surface area contributed by atoms with Crippen LogP contribution in [0.1, 0.15) is 5.56 Å². The van der Waals surface area contributed by atoms with Crippen molar-refractivity contribution in [2.45, 2.75) is 13.1 Å². The van der Waals surface area contributed by atoms with Crippen LogP contribution in [0, 0.1) is 5.82 Å². The third kappa shape index (κ3) is 3.24. The van der Waals surface area contributed by atoms with Crippen molar-refractivity contribution in [3.63, 3.8) is 0 Å². The molecule has 24 heavy (non-hydrogen) atoms. The molecule has 0 fully saturated rings. The van der Waals surface area contributed by atoms with Crippen molar-refractivity contribution in [3.05, 3.63) is 62.6 Å². The zero-order chi connectivity index (χ0) is 17.3. The van der Waals surface area contributed by atoms with E-state index in [4.69, 9.17) is 17.3 Å². The lowest BCUT2D eigenvalue weighted by molar-refractivity contribution is -0.118. The zero-order valence-electron chi connectivity index (χ0n) is 12.3. The largest absolute Gasteiger partial charge is 0.368 e. The van der Waals surface area contributed by atoms with Gasteiger partial charge in [0, 0.05) is 5.56 Å². The standard InChI is InChI=1S/C15H12ClFN4O2S/c16-12-6-5-11(24-12)14-19-21(8-13(18)22)15(23)20(14)7-9-3-1-2-4-10(9)17/h1-6H,7-8H2,(H2,18,22). The summed E-state index contributed by atoms with van der Waals surface area (Å²) < 4.78 is 16.7. The summed E-state index contributed by atoms with van der Waals surface area (Å²) in [4.78, 5) is 24.3. The van der Waals surface area contributed by atoms with E-state index >= 15 is 0 Å². The minimum atomic E-state index is -0.691. The Labute approximate surface area is 144 Å². The highest BCUT2D eigenvalue weighted by molar-refractivity contribution is 7.19. The molecule has 9 heteroatoms. The van der Waals surface area contributed by atoms with Crippen molar-refractivity contribution in [3.8, 4) is 10.7 Å². The summed E-state index contributed by atoms with van der Waals surface area (Å²) in [5, 5.41) is 4.15. The van der Waals surface area contributed by atoms with Crippen LogP contribution in [0.3, 0.4) is 0 Å². The molecular formula is C15H12ClFN4O2S. The van der Waals surface area contributed by atoms with Gasteiger partial charge in [0.2, 0.25) is 5.91 Å². The SMILES string of the molecule is NC(=O)Cn1nc(-c2ccc(Cl)s2)n(Cc2ccccc2F)c1=O. The lowest BCUT2D eigenvalue weighted by Crippen LogP contribution is -2.30. The Balaban J connectivity index is 2.12. The van der Waals surface area contributed by atoms with Gasteiger partial charge in [0.05, 0.1) is 15.8 Å². The molecule has 0 bridgehead atoms. The van der Waals surface area contributed by atoms with Gasteiger partial charge in [-0.2, -0.15) is 0 Å². The van der Waals surface area contributed by atoms with Crippen LogP contribution in [0.2, 0.25) is 4.34 Å². The normalized spacial score (nSPS) is 10.9. The summed E-state index contributed by atoms with van der Waals surface area (Å²) in [6.07, 6.45) is 0. The number of amides is 1. The van der Waals surface area contributed by atoms with Crippen LogP contribution >= 0.6 is 22.9 Å². The van der Waals surface area contributed by atoms with E-state index in [1.165, 1.54) is 22.0 Å². The molecule has 2 N–H and O–H groups in total. The topological polar surface area (TPSA) is 82.9 Å². The van der Waals surface area contributed by atoms with Gasteiger partial charge >= 0.3 is 5.69 Å². The molecule has 0 saturated carbocycles. The molecule has 1 amide bonds. The predicted molar refractivity (Wildman–Crippen MR) is 89.5 cm³/mol. The molecule has 3 aromatic rings. The van der Waals surface area contributed by atoms with E-state index in [9.17, 15) is 14.0 Å². The Kier molecular flexibility index (Phi) is 4.50. The molecule has 0 spiro atoms. The number of hydrogen-bond acceptors (Lipinski definition) is 4. The van der Waals surface area contributed by atoms with Gasteiger partial charge in [-0.3, -0.25) is 9.36 Å². The third-order valence-corrected chi connectivity index (χ3v) is 4.54. The number of hydrogen-bond donors (Lipinski definition) is 1. The van der Waals surface area contributed by atoms with E-state index in [-0.39, 0.29) is 13.1 Å². The highest BCUT2D eigenvalue weighted by Crippen LogP contribution is 2.29. The molecular weight excluding hydrogens is 355 g/mol. The first kappa shape index (κ1) is 16.4. The first-order valence-corrected chi connectivity index (χ1v) is 8.10. The minimum Gasteiger partial charge on any atom is -0.368 e. The first-order valence-electron chi connectivity index (χ1n) is 6.91. The van der Waals surface area contributed by atoms with E-state index in [1.54, 1.807) is 30.3 Å². The number of aromatic nitrogens is 3. The number of benzene rings is 1. The van der Waals surface area contributed by atoms with Crippen molar-refractivity contribution in [2.75, 3.05) is 0 Å². The molecule has 2 aromatic heterocycles. The summed E-state index contributed by atoms with van der Waals surface area (Å²) in [7, 11) is 0. The maximum Gasteiger partial charge on any atom is 0.347 e. The highest BCUT2D eigenvalue weighted by atomic mass is 35.5. The second kappa shape index (κ2) is 6.58. The van der Waals surface area contributed by atoms with E-state index < -0.39 is 17.4 Å². The molecule has 0 unspecified atom stereocenters. The van der Waals surface area contributed by atoms with E-state index in [0.29, 0.717) is 20.6 Å². The molecule has 0 aliphatic carbocycles. The number of primary amides is 1. The Morgan fingerprint density at radius 2 is 2.04 bits per heavy atom. The lowest BCUT2D eigenvalue weighted by atomic mass is 10.2. The molecule has 0 saturated heterocycles. The first-order chi connectivity index (χ1) is 11.5. The fourth-order valence-electron chi connectivity index (χ4n) is 2.25. The molecule has 0 aliphatic heterocycles. The van der Waals surface area contributed by atoms with Crippen LogP contribution in [0.25, 0.3) is 10.7 Å². The summed E-state index contributed by atoms with van der Waals surface area (Å²) in [5.74, 6) is -0.813. The van der Waals surface area contributed by atoms with Crippen LogP contribution in [0.15, 0.2) is 41.2 Å². The van der Waals surface area contributed by atoms with E-state index in [0.717, 1.165) is 4.68 Å². The average molecular weight is 367 g/mol. The molecule has 1 aromatic carbocycles.